The lowest BCUT2D eigenvalue weighted by Gasteiger charge is -2.61. The van der Waals surface area contributed by atoms with Crippen molar-refractivity contribution in [1.29, 1.82) is 0 Å². The van der Waals surface area contributed by atoms with Gasteiger partial charge in [-0.1, -0.05) is 77.8 Å². The summed E-state index contributed by atoms with van der Waals surface area (Å²) in [4.78, 5) is 16.4. The Hall–Kier alpha value is -2.53. The van der Waals surface area contributed by atoms with Crippen LogP contribution in [0.2, 0.25) is 10.0 Å². The Morgan fingerprint density at radius 3 is 2.32 bits per heavy atom. The molecule has 3 aromatic rings. The minimum Gasteiger partial charge on any atom is -0.491 e. The Morgan fingerprint density at radius 2 is 1.63 bits per heavy atom. The zero-order chi connectivity index (χ0) is 28.6. The van der Waals surface area contributed by atoms with E-state index in [1.165, 1.54) is 24.8 Å². The molecule has 4 nitrogen and oxygen atoms in total. The van der Waals surface area contributed by atoms with Crippen LogP contribution in [-0.2, 0) is 16.6 Å². The zero-order valence-corrected chi connectivity index (χ0v) is 25.7. The van der Waals surface area contributed by atoms with Crippen molar-refractivity contribution in [2.75, 3.05) is 26.2 Å². The standard InChI is InChI=1S/C35H41Cl2N2O2/c1-25(2)41-32-13-7-6-9-26(32)24-33(40)38-19-8-12-31(34(38)27-14-15-29(36)30(37)23-27)39-20-16-35(17-21-39,18-22-39)28-10-4-3-5-11-28/h3-7,9-11,13-15,23,25,31,34H,8,12,16-22,24H2,1-2H3/q+1/t31-,34?,35?,39?/m1/s1. The van der Waals surface area contributed by atoms with Crippen LogP contribution < -0.4 is 4.74 Å². The third-order valence-corrected chi connectivity index (χ3v) is 10.8. The van der Waals surface area contributed by atoms with Crippen LogP contribution in [0.1, 0.15) is 68.7 Å². The minimum atomic E-state index is -0.0356. The third-order valence-electron chi connectivity index (χ3n) is 10.1. The predicted octanol–water partition coefficient (Wildman–Crippen LogP) is 8.01. The Kier molecular flexibility index (Phi) is 8.11. The van der Waals surface area contributed by atoms with Gasteiger partial charge in [0.2, 0.25) is 5.91 Å². The maximum absolute atomic E-state index is 14.2. The van der Waals surface area contributed by atoms with Crippen molar-refractivity contribution in [2.45, 2.75) is 76.0 Å². The van der Waals surface area contributed by atoms with Gasteiger partial charge in [0.05, 0.1) is 42.2 Å². The molecule has 4 heterocycles. The van der Waals surface area contributed by atoms with Crippen LogP contribution in [0.4, 0.5) is 0 Å². The molecule has 0 N–H and O–H groups in total. The second-order valence-electron chi connectivity index (χ2n) is 12.7. The van der Waals surface area contributed by atoms with E-state index in [2.05, 4.69) is 41.3 Å². The molecule has 2 bridgehead atoms. The van der Waals surface area contributed by atoms with E-state index in [4.69, 9.17) is 27.9 Å². The molecule has 6 heteroatoms. The quantitative estimate of drug-likeness (QED) is 0.260. The van der Waals surface area contributed by atoms with Crippen molar-refractivity contribution in [3.05, 3.63) is 99.5 Å². The van der Waals surface area contributed by atoms with Gasteiger partial charge in [-0.05, 0) is 49.6 Å². The lowest BCUT2D eigenvalue weighted by atomic mass is 9.65. The zero-order valence-electron chi connectivity index (χ0n) is 24.2. The Bertz CT molecular complexity index is 1370. The Labute approximate surface area is 254 Å². The first-order valence-electron chi connectivity index (χ1n) is 15.2. The first-order valence-corrected chi connectivity index (χ1v) is 16.0. The molecule has 3 aromatic carbocycles. The SMILES string of the molecule is CC(C)Oc1ccccc1CC(=O)N1CCC[C@@H]([N+]23CCC(c4ccccc4)(CC2)CC3)C1c1ccc(Cl)c(Cl)c1. The normalized spacial score (nSPS) is 27.7. The Morgan fingerprint density at radius 1 is 0.951 bits per heavy atom. The molecular formula is C35H41Cl2N2O2+. The number of hydrogen-bond donors (Lipinski definition) is 0. The molecule has 0 saturated carbocycles. The molecule has 0 aliphatic carbocycles. The largest absolute Gasteiger partial charge is 0.491 e. The molecule has 7 rings (SSSR count). The van der Waals surface area contributed by atoms with Gasteiger partial charge >= 0.3 is 0 Å². The van der Waals surface area contributed by atoms with E-state index in [-0.39, 0.29) is 18.1 Å². The van der Waals surface area contributed by atoms with Crippen molar-refractivity contribution in [2.24, 2.45) is 0 Å². The summed E-state index contributed by atoms with van der Waals surface area (Å²) in [6.07, 6.45) is 6.11. The highest BCUT2D eigenvalue weighted by atomic mass is 35.5. The molecule has 0 radical (unpaired) electrons. The molecule has 1 unspecified atom stereocenters. The number of rotatable bonds is 7. The summed E-state index contributed by atoms with van der Waals surface area (Å²) in [5, 5.41) is 1.10. The van der Waals surface area contributed by atoms with Crippen LogP contribution in [0.3, 0.4) is 0 Å². The van der Waals surface area contributed by atoms with E-state index in [0.717, 1.165) is 60.4 Å². The number of likely N-dealkylation sites (tertiary alicyclic amines) is 1. The van der Waals surface area contributed by atoms with Gasteiger partial charge in [0.15, 0.2) is 0 Å². The van der Waals surface area contributed by atoms with Crippen LogP contribution >= 0.6 is 23.2 Å². The fourth-order valence-corrected chi connectivity index (χ4v) is 8.26. The molecule has 41 heavy (non-hydrogen) atoms. The number of quaternary nitrogens is 1. The van der Waals surface area contributed by atoms with Crippen molar-refractivity contribution < 1.29 is 14.0 Å². The lowest BCUT2D eigenvalue weighted by molar-refractivity contribution is -0.969. The van der Waals surface area contributed by atoms with E-state index in [9.17, 15) is 4.79 Å². The van der Waals surface area contributed by atoms with E-state index in [1.54, 1.807) is 0 Å². The average molecular weight is 593 g/mol. The summed E-state index contributed by atoms with van der Waals surface area (Å²) in [6.45, 7) is 8.26. The molecule has 216 valence electrons. The fraction of sp³-hybridized carbons (Fsp3) is 0.457. The minimum absolute atomic E-state index is 0.0356. The number of fused-ring (bicyclic) bond motifs is 3. The maximum atomic E-state index is 14.2. The van der Waals surface area contributed by atoms with Gasteiger partial charge in [-0.25, -0.2) is 0 Å². The lowest BCUT2D eigenvalue weighted by Crippen LogP contribution is -2.70. The highest BCUT2D eigenvalue weighted by Gasteiger charge is 2.56. The van der Waals surface area contributed by atoms with Gasteiger partial charge in [-0.3, -0.25) is 4.79 Å². The molecule has 0 spiro atoms. The second kappa shape index (κ2) is 11.6. The highest BCUT2D eigenvalue weighted by Crippen LogP contribution is 2.51. The van der Waals surface area contributed by atoms with E-state index in [0.29, 0.717) is 27.9 Å². The predicted molar refractivity (Wildman–Crippen MR) is 167 cm³/mol. The molecular weight excluding hydrogens is 551 g/mol. The van der Waals surface area contributed by atoms with Crippen LogP contribution in [0, 0.1) is 0 Å². The van der Waals surface area contributed by atoms with Crippen molar-refractivity contribution in [3.63, 3.8) is 0 Å². The molecule has 4 aliphatic heterocycles. The molecule has 1 amide bonds. The van der Waals surface area contributed by atoms with E-state index in [1.807, 2.05) is 50.2 Å². The summed E-state index contributed by atoms with van der Waals surface area (Å²) in [5.41, 5.74) is 3.84. The molecule has 0 aromatic heterocycles. The number of para-hydroxylation sites is 1. The number of piperidine rings is 4. The molecule has 4 fully saturated rings. The van der Waals surface area contributed by atoms with Gasteiger partial charge < -0.3 is 14.1 Å². The summed E-state index contributed by atoms with van der Waals surface area (Å²) in [7, 11) is 0. The highest BCUT2D eigenvalue weighted by molar-refractivity contribution is 6.42. The molecule has 2 atom stereocenters. The summed E-state index contributed by atoms with van der Waals surface area (Å²) in [5.74, 6) is 0.943. The number of hydrogen-bond acceptors (Lipinski definition) is 2. The third kappa shape index (κ3) is 5.51. The molecule has 4 saturated heterocycles. The topological polar surface area (TPSA) is 29.5 Å². The van der Waals surface area contributed by atoms with Crippen molar-refractivity contribution >= 4 is 29.1 Å². The monoisotopic (exact) mass is 591 g/mol. The van der Waals surface area contributed by atoms with Crippen molar-refractivity contribution in [1.82, 2.24) is 4.90 Å². The summed E-state index contributed by atoms with van der Waals surface area (Å²) >= 11 is 13.0. The maximum Gasteiger partial charge on any atom is 0.227 e. The van der Waals surface area contributed by atoms with Crippen LogP contribution in [0.15, 0.2) is 72.8 Å². The van der Waals surface area contributed by atoms with Crippen LogP contribution in [-0.4, -0.2) is 53.6 Å². The number of amides is 1. The number of nitrogens with zero attached hydrogens (tertiary/aromatic N) is 2. The van der Waals surface area contributed by atoms with E-state index < -0.39 is 0 Å². The molecule has 4 aliphatic rings. The summed E-state index contributed by atoms with van der Waals surface area (Å²) in [6, 6.07) is 25.4. The smallest absolute Gasteiger partial charge is 0.227 e. The van der Waals surface area contributed by atoms with E-state index >= 15 is 0 Å². The Balaban J connectivity index is 1.32. The second-order valence-corrected chi connectivity index (χ2v) is 13.5. The van der Waals surface area contributed by atoms with Gasteiger partial charge in [0.1, 0.15) is 17.8 Å². The summed E-state index contributed by atoms with van der Waals surface area (Å²) < 4.78 is 7.16. The van der Waals surface area contributed by atoms with Crippen LogP contribution in [0.5, 0.6) is 5.75 Å². The number of carbonyl (C=O) groups excluding carboxylic acids is 1. The first-order chi connectivity index (χ1) is 19.8. The average Bonchev–Trinajstić information content (AvgIpc) is 3.00. The fourth-order valence-electron chi connectivity index (χ4n) is 7.95. The van der Waals surface area contributed by atoms with Crippen molar-refractivity contribution in [3.8, 4) is 5.75 Å². The number of benzene rings is 3. The number of halogens is 2. The van der Waals surface area contributed by atoms with Crippen LogP contribution in [0.25, 0.3) is 0 Å². The number of carbonyl (C=O) groups is 1. The van der Waals surface area contributed by atoms with Gasteiger partial charge in [0.25, 0.3) is 0 Å². The van der Waals surface area contributed by atoms with Gasteiger partial charge in [-0.2, -0.15) is 0 Å². The first kappa shape index (κ1) is 28.6. The number of ether oxygens (including phenoxy) is 1. The van der Waals surface area contributed by atoms with Gasteiger partial charge in [-0.15, -0.1) is 0 Å². The van der Waals surface area contributed by atoms with Gasteiger partial charge in [0, 0.05) is 43.2 Å².